The molecule has 1 aliphatic carbocycles. The average Bonchev–Trinajstić information content (AvgIpc) is 2.37. The fourth-order valence-corrected chi connectivity index (χ4v) is 4.87. The summed E-state index contributed by atoms with van der Waals surface area (Å²) < 4.78 is 27.7. The first-order valence-electron chi connectivity index (χ1n) is 6.97. The largest absolute Gasteiger partial charge is 0.326 e. The van der Waals surface area contributed by atoms with E-state index in [9.17, 15) is 8.42 Å². The molecule has 0 bridgehead atoms. The molecule has 1 aromatic rings. The molecule has 1 aromatic carbocycles. The van der Waals surface area contributed by atoms with E-state index >= 15 is 0 Å². The van der Waals surface area contributed by atoms with Crippen LogP contribution in [0.4, 0.5) is 0 Å². The molecule has 0 saturated heterocycles. The summed E-state index contributed by atoms with van der Waals surface area (Å²) >= 11 is 3.34. The maximum absolute atomic E-state index is 12.8. The van der Waals surface area contributed by atoms with Crippen molar-refractivity contribution < 1.29 is 8.42 Å². The minimum Gasteiger partial charge on any atom is -0.326 e. The van der Waals surface area contributed by atoms with Crippen molar-refractivity contribution in [1.82, 2.24) is 4.31 Å². The van der Waals surface area contributed by atoms with Crippen LogP contribution in [0, 0.1) is 5.92 Å². The molecular formula is C14H21BrN2O2S. The molecule has 0 aromatic heterocycles. The van der Waals surface area contributed by atoms with Crippen molar-refractivity contribution in [3.8, 4) is 0 Å². The van der Waals surface area contributed by atoms with Gasteiger partial charge in [0.05, 0.1) is 4.90 Å². The Balaban J connectivity index is 2.31. The zero-order valence-electron chi connectivity index (χ0n) is 11.7. The lowest BCUT2D eigenvalue weighted by Crippen LogP contribution is -2.37. The van der Waals surface area contributed by atoms with Crippen LogP contribution in [0.3, 0.4) is 0 Å². The first-order chi connectivity index (χ1) is 9.48. The fraction of sp³-hybridized carbons (Fsp3) is 0.571. The van der Waals surface area contributed by atoms with Gasteiger partial charge in [0.15, 0.2) is 0 Å². The Labute approximate surface area is 129 Å². The lowest BCUT2D eigenvalue weighted by molar-refractivity contribution is 0.250. The van der Waals surface area contributed by atoms with Crippen LogP contribution in [0.2, 0.25) is 0 Å². The van der Waals surface area contributed by atoms with Gasteiger partial charge in [0.2, 0.25) is 10.0 Å². The second-order valence-corrected chi connectivity index (χ2v) is 7.98. The Hall–Kier alpha value is -0.430. The molecule has 112 valence electrons. The van der Waals surface area contributed by atoms with E-state index in [4.69, 9.17) is 5.73 Å². The highest BCUT2D eigenvalue weighted by Crippen LogP contribution is 2.31. The van der Waals surface area contributed by atoms with Crippen molar-refractivity contribution in [1.29, 1.82) is 0 Å². The standard InChI is InChI=1S/C14H21BrN2O2S/c1-2-17(10-11-4-3-5-11)20(18,19)14-8-12(9-16)6-7-13(14)15/h6-8,11H,2-5,9-10,16H2,1H3. The van der Waals surface area contributed by atoms with E-state index in [1.165, 1.54) is 6.42 Å². The van der Waals surface area contributed by atoms with Gasteiger partial charge in [0, 0.05) is 24.1 Å². The first-order valence-corrected chi connectivity index (χ1v) is 9.21. The third kappa shape index (κ3) is 3.24. The molecule has 2 N–H and O–H groups in total. The highest BCUT2D eigenvalue weighted by Gasteiger charge is 2.29. The van der Waals surface area contributed by atoms with E-state index in [0.29, 0.717) is 34.9 Å². The lowest BCUT2D eigenvalue weighted by atomic mass is 9.85. The Morgan fingerprint density at radius 3 is 2.60 bits per heavy atom. The van der Waals surface area contributed by atoms with Crippen LogP contribution in [0.15, 0.2) is 27.6 Å². The Morgan fingerprint density at radius 1 is 1.40 bits per heavy atom. The number of rotatable bonds is 6. The lowest BCUT2D eigenvalue weighted by Gasteiger charge is -2.31. The van der Waals surface area contributed by atoms with Gasteiger partial charge in [0.25, 0.3) is 0 Å². The monoisotopic (exact) mass is 360 g/mol. The second-order valence-electron chi connectivity index (χ2n) is 5.22. The van der Waals surface area contributed by atoms with E-state index < -0.39 is 10.0 Å². The SMILES string of the molecule is CCN(CC1CCC1)S(=O)(=O)c1cc(CN)ccc1Br. The average molecular weight is 361 g/mol. The van der Waals surface area contributed by atoms with E-state index in [-0.39, 0.29) is 0 Å². The van der Waals surface area contributed by atoms with Gasteiger partial charge in [-0.15, -0.1) is 0 Å². The molecule has 4 nitrogen and oxygen atoms in total. The summed E-state index contributed by atoms with van der Waals surface area (Å²) in [6.45, 7) is 3.34. The van der Waals surface area contributed by atoms with E-state index in [0.717, 1.165) is 18.4 Å². The molecule has 1 saturated carbocycles. The van der Waals surface area contributed by atoms with Crippen LogP contribution in [0.1, 0.15) is 31.7 Å². The number of hydrogen-bond acceptors (Lipinski definition) is 3. The molecule has 6 heteroatoms. The summed E-state index contributed by atoms with van der Waals surface area (Å²) in [6.07, 6.45) is 3.49. The fourth-order valence-electron chi connectivity index (χ4n) is 2.37. The molecule has 2 rings (SSSR count). The Morgan fingerprint density at radius 2 is 2.10 bits per heavy atom. The summed E-state index contributed by atoms with van der Waals surface area (Å²) in [6, 6.07) is 5.26. The zero-order chi connectivity index (χ0) is 14.8. The molecular weight excluding hydrogens is 340 g/mol. The van der Waals surface area contributed by atoms with Crippen LogP contribution >= 0.6 is 15.9 Å². The number of halogens is 1. The van der Waals surface area contributed by atoms with Gasteiger partial charge < -0.3 is 5.73 Å². The summed E-state index contributed by atoms with van der Waals surface area (Å²) in [4.78, 5) is 0.321. The van der Waals surface area contributed by atoms with Crippen LogP contribution in [-0.2, 0) is 16.6 Å². The molecule has 1 fully saturated rings. The topological polar surface area (TPSA) is 63.4 Å². The van der Waals surface area contributed by atoms with Gasteiger partial charge in [-0.3, -0.25) is 0 Å². The maximum Gasteiger partial charge on any atom is 0.244 e. The molecule has 20 heavy (non-hydrogen) atoms. The zero-order valence-corrected chi connectivity index (χ0v) is 14.1. The minimum atomic E-state index is -3.45. The smallest absolute Gasteiger partial charge is 0.244 e. The first kappa shape index (κ1) is 15.9. The van der Waals surface area contributed by atoms with Crippen LogP contribution in [-0.4, -0.2) is 25.8 Å². The minimum absolute atomic E-state index is 0.321. The van der Waals surface area contributed by atoms with Gasteiger partial charge in [-0.05, 0) is 52.4 Å². The quantitative estimate of drug-likeness (QED) is 0.847. The summed E-state index contributed by atoms with van der Waals surface area (Å²) in [7, 11) is -3.45. The van der Waals surface area contributed by atoms with E-state index in [1.807, 2.05) is 13.0 Å². The van der Waals surface area contributed by atoms with Gasteiger partial charge in [-0.25, -0.2) is 8.42 Å². The van der Waals surface area contributed by atoms with Crippen molar-refractivity contribution in [2.75, 3.05) is 13.1 Å². The number of benzene rings is 1. The number of nitrogens with two attached hydrogens (primary N) is 1. The highest BCUT2D eigenvalue weighted by atomic mass is 79.9. The van der Waals surface area contributed by atoms with E-state index in [1.54, 1.807) is 16.4 Å². The molecule has 0 amide bonds. The molecule has 0 spiro atoms. The maximum atomic E-state index is 12.8. The predicted octanol–water partition coefficient (Wildman–Crippen LogP) is 2.72. The summed E-state index contributed by atoms with van der Waals surface area (Å²) in [5, 5.41) is 0. The van der Waals surface area contributed by atoms with Gasteiger partial charge in [0.1, 0.15) is 0 Å². The van der Waals surface area contributed by atoms with Crippen molar-refractivity contribution in [2.24, 2.45) is 11.7 Å². The number of hydrogen-bond donors (Lipinski definition) is 1. The van der Waals surface area contributed by atoms with Gasteiger partial charge >= 0.3 is 0 Å². The van der Waals surface area contributed by atoms with Crippen molar-refractivity contribution in [3.05, 3.63) is 28.2 Å². The Kier molecular flexibility index (Phi) is 5.23. The van der Waals surface area contributed by atoms with Crippen LogP contribution in [0.25, 0.3) is 0 Å². The number of nitrogens with zero attached hydrogens (tertiary/aromatic N) is 1. The van der Waals surface area contributed by atoms with E-state index in [2.05, 4.69) is 15.9 Å². The van der Waals surface area contributed by atoms with Gasteiger partial charge in [-0.1, -0.05) is 19.4 Å². The molecule has 0 heterocycles. The predicted molar refractivity (Wildman–Crippen MR) is 83.8 cm³/mol. The van der Waals surface area contributed by atoms with Crippen LogP contribution in [0.5, 0.6) is 0 Å². The molecule has 0 radical (unpaired) electrons. The van der Waals surface area contributed by atoms with Crippen molar-refractivity contribution in [2.45, 2.75) is 37.6 Å². The van der Waals surface area contributed by atoms with Crippen LogP contribution < -0.4 is 5.73 Å². The summed E-state index contributed by atoms with van der Waals surface area (Å²) in [5.41, 5.74) is 6.43. The molecule has 1 aliphatic rings. The molecule has 0 unspecified atom stereocenters. The van der Waals surface area contributed by atoms with Gasteiger partial charge in [-0.2, -0.15) is 4.31 Å². The second kappa shape index (κ2) is 6.56. The van der Waals surface area contributed by atoms with Crippen molar-refractivity contribution in [3.63, 3.8) is 0 Å². The van der Waals surface area contributed by atoms with Crippen molar-refractivity contribution >= 4 is 26.0 Å². The Bertz CT molecular complexity index is 571. The third-order valence-corrected chi connectivity index (χ3v) is 6.82. The molecule has 0 aliphatic heterocycles. The third-order valence-electron chi connectivity index (χ3n) is 3.89. The normalized spacial score (nSPS) is 16.4. The molecule has 0 atom stereocenters. The highest BCUT2D eigenvalue weighted by molar-refractivity contribution is 9.10. The summed E-state index contributed by atoms with van der Waals surface area (Å²) in [5.74, 6) is 0.515. The number of sulfonamides is 1.